The van der Waals surface area contributed by atoms with Crippen LogP contribution in [0.5, 0.6) is 0 Å². The van der Waals surface area contributed by atoms with Gasteiger partial charge in [-0.15, -0.1) is 0 Å². The predicted octanol–water partition coefficient (Wildman–Crippen LogP) is 3.38. The first-order valence-corrected chi connectivity index (χ1v) is 7.75. The number of carbonyl (C=O) groups is 1. The molecule has 1 aliphatic heterocycles. The highest BCUT2D eigenvalue weighted by molar-refractivity contribution is 9.10. The Kier molecular flexibility index (Phi) is 4.51. The van der Waals surface area contributed by atoms with E-state index in [0.29, 0.717) is 0 Å². The van der Waals surface area contributed by atoms with E-state index in [1.54, 1.807) is 0 Å². The molecule has 0 saturated carbocycles. The fraction of sp³-hybridized carbons (Fsp3) is 0.462. The standard InChI is InChI=1S/C13H16BrNOS/c1-9(10-3-2-4-12(14)7-10)15-13(16)11-5-6-17-8-11/h2-4,7,9,11H,5-6,8H2,1H3,(H,15,16). The highest BCUT2D eigenvalue weighted by Crippen LogP contribution is 2.25. The molecule has 0 radical (unpaired) electrons. The molecule has 2 atom stereocenters. The third-order valence-electron chi connectivity index (χ3n) is 3.01. The summed E-state index contributed by atoms with van der Waals surface area (Å²) in [6.45, 7) is 2.03. The summed E-state index contributed by atoms with van der Waals surface area (Å²) in [7, 11) is 0. The van der Waals surface area contributed by atoms with E-state index in [1.807, 2.05) is 43.0 Å². The number of hydrogen-bond donors (Lipinski definition) is 1. The predicted molar refractivity (Wildman–Crippen MR) is 76.1 cm³/mol. The maximum absolute atomic E-state index is 12.0. The van der Waals surface area contributed by atoms with Crippen molar-refractivity contribution in [3.63, 3.8) is 0 Å². The van der Waals surface area contributed by atoms with Gasteiger partial charge in [0, 0.05) is 16.1 Å². The number of nitrogens with one attached hydrogen (secondary N) is 1. The number of halogens is 1. The molecule has 0 bridgehead atoms. The summed E-state index contributed by atoms with van der Waals surface area (Å²) in [6, 6.07) is 8.15. The van der Waals surface area contributed by atoms with Gasteiger partial charge in [-0.05, 0) is 36.8 Å². The van der Waals surface area contributed by atoms with Crippen molar-refractivity contribution in [2.24, 2.45) is 5.92 Å². The van der Waals surface area contributed by atoms with E-state index < -0.39 is 0 Å². The van der Waals surface area contributed by atoms with Crippen LogP contribution in [0.2, 0.25) is 0 Å². The Morgan fingerprint density at radius 2 is 2.41 bits per heavy atom. The molecular formula is C13H16BrNOS. The second-order valence-corrected chi connectivity index (χ2v) is 6.41. The Morgan fingerprint density at radius 3 is 3.06 bits per heavy atom. The van der Waals surface area contributed by atoms with E-state index in [2.05, 4.69) is 21.2 Å². The van der Waals surface area contributed by atoms with Gasteiger partial charge < -0.3 is 5.32 Å². The van der Waals surface area contributed by atoms with Gasteiger partial charge in [0.15, 0.2) is 0 Å². The minimum Gasteiger partial charge on any atom is -0.349 e. The molecule has 1 aromatic carbocycles. The molecule has 1 N–H and O–H groups in total. The summed E-state index contributed by atoms with van der Waals surface area (Å²) in [5.41, 5.74) is 1.14. The molecule has 92 valence electrons. The first-order valence-electron chi connectivity index (χ1n) is 5.80. The minimum atomic E-state index is 0.0746. The molecule has 4 heteroatoms. The normalized spacial score (nSPS) is 21.2. The average molecular weight is 314 g/mol. The van der Waals surface area contributed by atoms with Gasteiger partial charge >= 0.3 is 0 Å². The fourth-order valence-electron chi connectivity index (χ4n) is 1.93. The van der Waals surface area contributed by atoms with Crippen LogP contribution in [0.4, 0.5) is 0 Å². The lowest BCUT2D eigenvalue weighted by atomic mass is 10.1. The zero-order valence-corrected chi connectivity index (χ0v) is 12.2. The van der Waals surface area contributed by atoms with E-state index in [4.69, 9.17) is 0 Å². The summed E-state index contributed by atoms with van der Waals surface area (Å²) in [4.78, 5) is 12.0. The van der Waals surface area contributed by atoms with Crippen molar-refractivity contribution in [2.45, 2.75) is 19.4 Å². The molecule has 1 saturated heterocycles. The van der Waals surface area contributed by atoms with E-state index in [-0.39, 0.29) is 17.9 Å². The zero-order chi connectivity index (χ0) is 12.3. The van der Waals surface area contributed by atoms with E-state index in [9.17, 15) is 4.79 Å². The van der Waals surface area contributed by atoms with Gasteiger partial charge in [0.1, 0.15) is 0 Å². The number of amides is 1. The first-order chi connectivity index (χ1) is 8.16. The van der Waals surface area contributed by atoms with Crippen LogP contribution >= 0.6 is 27.7 Å². The molecule has 2 unspecified atom stereocenters. The molecule has 0 aromatic heterocycles. The molecular weight excluding hydrogens is 298 g/mol. The Balaban J connectivity index is 1.96. The van der Waals surface area contributed by atoms with Gasteiger partial charge in [-0.3, -0.25) is 4.79 Å². The van der Waals surface area contributed by atoms with Crippen molar-refractivity contribution in [2.75, 3.05) is 11.5 Å². The summed E-state index contributed by atoms with van der Waals surface area (Å²) < 4.78 is 1.05. The van der Waals surface area contributed by atoms with Crippen molar-refractivity contribution in [1.29, 1.82) is 0 Å². The molecule has 0 spiro atoms. The van der Waals surface area contributed by atoms with Crippen LogP contribution in [0.3, 0.4) is 0 Å². The molecule has 1 aromatic rings. The van der Waals surface area contributed by atoms with Crippen molar-refractivity contribution >= 4 is 33.6 Å². The fourth-order valence-corrected chi connectivity index (χ4v) is 3.57. The number of rotatable bonds is 3. The lowest BCUT2D eigenvalue weighted by Gasteiger charge is -2.17. The molecule has 1 fully saturated rings. The van der Waals surface area contributed by atoms with Gasteiger partial charge in [0.2, 0.25) is 5.91 Å². The monoisotopic (exact) mass is 313 g/mol. The van der Waals surface area contributed by atoms with Crippen LogP contribution in [-0.2, 0) is 4.79 Å². The Bertz CT molecular complexity index is 404. The van der Waals surface area contributed by atoms with Crippen molar-refractivity contribution in [3.8, 4) is 0 Å². The van der Waals surface area contributed by atoms with Gasteiger partial charge in [-0.1, -0.05) is 28.1 Å². The third-order valence-corrected chi connectivity index (χ3v) is 4.66. The number of benzene rings is 1. The lowest BCUT2D eigenvalue weighted by Crippen LogP contribution is -2.32. The Hall–Kier alpha value is -0.480. The topological polar surface area (TPSA) is 29.1 Å². The highest BCUT2D eigenvalue weighted by atomic mass is 79.9. The van der Waals surface area contributed by atoms with E-state index in [1.165, 1.54) is 0 Å². The second-order valence-electron chi connectivity index (χ2n) is 4.35. The first kappa shape index (κ1) is 13.0. The summed E-state index contributed by atoms with van der Waals surface area (Å²) in [5, 5.41) is 3.09. The van der Waals surface area contributed by atoms with Crippen LogP contribution in [0.1, 0.15) is 24.9 Å². The zero-order valence-electron chi connectivity index (χ0n) is 9.78. The molecule has 17 heavy (non-hydrogen) atoms. The highest BCUT2D eigenvalue weighted by Gasteiger charge is 2.24. The molecule has 1 heterocycles. The Labute approximate surface area is 115 Å². The molecule has 0 aliphatic carbocycles. The van der Waals surface area contributed by atoms with Crippen molar-refractivity contribution in [1.82, 2.24) is 5.32 Å². The quantitative estimate of drug-likeness (QED) is 0.927. The minimum absolute atomic E-state index is 0.0746. The van der Waals surface area contributed by atoms with Crippen molar-refractivity contribution < 1.29 is 4.79 Å². The van der Waals surface area contributed by atoms with E-state index in [0.717, 1.165) is 28.0 Å². The number of carbonyl (C=O) groups excluding carboxylic acids is 1. The largest absolute Gasteiger partial charge is 0.349 e. The maximum atomic E-state index is 12.0. The van der Waals surface area contributed by atoms with Crippen LogP contribution in [0, 0.1) is 5.92 Å². The van der Waals surface area contributed by atoms with Crippen LogP contribution in [-0.4, -0.2) is 17.4 Å². The molecule has 2 nitrogen and oxygen atoms in total. The summed E-state index contributed by atoms with van der Waals surface area (Å²) in [6.07, 6.45) is 1.02. The number of thioether (sulfide) groups is 1. The maximum Gasteiger partial charge on any atom is 0.224 e. The Morgan fingerprint density at radius 1 is 1.59 bits per heavy atom. The van der Waals surface area contributed by atoms with Gasteiger partial charge in [-0.2, -0.15) is 11.8 Å². The third kappa shape index (κ3) is 3.49. The van der Waals surface area contributed by atoms with Crippen LogP contribution in [0.25, 0.3) is 0 Å². The van der Waals surface area contributed by atoms with E-state index >= 15 is 0 Å². The summed E-state index contributed by atoms with van der Waals surface area (Å²) in [5.74, 6) is 2.48. The second kappa shape index (κ2) is 5.91. The molecule has 1 aliphatic rings. The lowest BCUT2D eigenvalue weighted by molar-refractivity contribution is -0.124. The van der Waals surface area contributed by atoms with Gasteiger partial charge in [0.25, 0.3) is 0 Å². The van der Waals surface area contributed by atoms with Crippen LogP contribution in [0.15, 0.2) is 28.7 Å². The SMILES string of the molecule is CC(NC(=O)C1CCSC1)c1cccc(Br)c1. The average Bonchev–Trinajstić information content (AvgIpc) is 2.82. The van der Waals surface area contributed by atoms with Crippen LogP contribution < -0.4 is 5.32 Å². The smallest absolute Gasteiger partial charge is 0.224 e. The summed E-state index contributed by atoms with van der Waals surface area (Å²) >= 11 is 5.31. The molecule has 2 rings (SSSR count). The van der Waals surface area contributed by atoms with Gasteiger partial charge in [-0.25, -0.2) is 0 Å². The van der Waals surface area contributed by atoms with Gasteiger partial charge in [0.05, 0.1) is 6.04 Å². The van der Waals surface area contributed by atoms with Crippen molar-refractivity contribution in [3.05, 3.63) is 34.3 Å². The number of hydrogen-bond acceptors (Lipinski definition) is 2. The molecule has 1 amide bonds.